The summed E-state index contributed by atoms with van der Waals surface area (Å²) in [6.45, 7) is -0.747. The molecule has 2 atom stereocenters. The van der Waals surface area contributed by atoms with Crippen LogP contribution >= 0.6 is 0 Å². The van der Waals surface area contributed by atoms with Crippen LogP contribution < -0.4 is 0 Å². The van der Waals surface area contributed by atoms with E-state index in [0.29, 0.717) is 12.8 Å². The maximum atomic E-state index is 11.5. The number of rotatable bonds is 16. The van der Waals surface area contributed by atoms with E-state index in [4.69, 9.17) is 24.8 Å². The smallest absolute Gasteiger partial charge is 0.305 e. The van der Waals surface area contributed by atoms with Crippen molar-refractivity contribution in [2.75, 3.05) is 26.4 Å². The molecular formula is C16H30O8. The monoisotopic (exact) mass is 350 g/mol. The van der Waals surface area contributed by atoms with Gasteiger partial charge in [0.25, 0.3) is 0 Å². The first-order valence-electron chi connectivity index (χ1n) is 8.37. The highest BCUT2D eigenvalue weighted by molar-refractivity contribution is 5.69. The summed E-state index contributed by atoms with van der Waals surface area (Å²) in [5, 5.41) is 35.6. The van der Waals surface area contributed by atoms with Crippen molar-refractivity contribution in [3.05, 3.63) is 0 Å². The zero-order chi connectivity index (χ0) is 18.2. The Morgan fingerprint density at radius 3 is 1.92 bits per heavy atom. The number of hydrogen-bond donors (Lipinski definition) is 4. The second-order valence-corrected chi connectivity index (χ2v) is 5.73. The Kier molecular flexibility index (Phi) is 14.5. The Morgan fingerprint density at radius 1 is 0.792 bits per heavy atom. The van der Waals surface area contributed by atoms with E-state index in [1.54, 1.807) is 0 Å². The average molecular weight is 350 g/mol. The molecule has 0 rings (SSSR count). The third-order valence-corrected chi connectivity index (χ3v) is 3.29. The number of esters is 1. The third kappa shape index (κ3) is 15.7. The number of hydrogen-bond acceptors (Lipinski definition) is 7. The molecule has 0 aliphatic carbocycles. The molecule has 0 saturated heterocycles. The van der Waals surface area contributed by atoms with Crippen molar-refractivity contribution in [3.63, 3.8) is 0 Å². The van der Waals surface area contributed by atoms with Gasteiger partial charge in [-0.15, -0.1) is 0 Å². The number of ether oxygens (including phenoxy) is 2. The van der Waals surface area contributed by atoms with Gasteiger partial charge < -0.3 is 29.9 Å². The summed E-state index contributed by atoms with van der Waals surface area (Å²) in [6.07, 6.45) is 3.61. The lowest BCUT2D eigenvalue weighted by Gasteiger charge is -2.13. The second-order valence-electron chi connectivity index (χ2n) is 5.73. The molecule has 0 aromatic carbocycles. The summed E-state index contributed by atoms with van der Waals surface area (Å²) >= 11 is 0. The normalized spacial score (nSPS) is 13.5. The summed E-state index contributed by atoms with van der Waals surface area (Å²) in [4.78, 5) is 21.8. The van der Waals surface area contributed by atoms with Crippen molar-refractivity contribution >= 4 is 11.9 Å². The summed E-state index contributed by atoms with van der Waals surface area (Å²) in [5.41, 5.74) is 0. The van der Waals surface area contributed by atoms with Crippen molar-refractivity contribution in [1.29, 1.82) is 0 Å². The largest absolute Gasteiger partial charge is 0.481 e. The van der Waals surface area contributed by atoms with Gasteiger partial charge in [-0.25, -0.2) is 0 Å². The average Bonchev–Trinajstić information content (AvgIpc) is 2.54. The minimum absolute atomic E-state index is 0.0827. The lowest BCUT2D eigenvalue weighted by atomic mass is 10.1. The van der Waals surface area contributed by atoms with E-state index in [0.717, 1.165) is 25.7 Å². The lowest BCUT2D eigenvalue weighted by molar-refractivity contribution is -0.148. The minimum Gasteiger partial charge on any atom is -0.481 e. The highest BCUT2D eigenvalue weighted by Crippen LogP contribution is 2.09. The number of aliphatic hydroxyl groups excluding tert-OH is 3. The van der Waals surface area contributed by atoms with E-state index in [2.05, 4.69) is 0 Å². The molecule has 8 nitrogen and oxygen atoms in total. The number of aliphatic hydroxyl groups is 3. The molecule has 0 amide bonds. The first kappa shape index (κ1) is 22.8. The van der Waals surface area contributed by atoms with Crippen molar-refractivity contribution in [2.24, 2.45) is 0 Å². The second kappa shape index (κ2) is 15.3. The number of carbonyl (C=O) groups is 2. The van der Waals surface area contributed by atoms with Crippen LogP contribution in [0.5, 0.6) is 0 Å². The molecule has 0 bridgehead atoms. The van der Waals surface area contributed by atoms with Crippen LogP contribution in [-0.4, -0.2) is 71.0 Å². The Morgan fingerprint density at radius 2 is 1.33 bits per heavy atom. The van der Waals surface area contributed by atoms with Gasteiger partial charge in [-0.2, -0.15) is 0 Å². The van der Waals surface area contributed by atoms with E-state index < -0.39 is 24.8 Å². The van der Waals surface area contributed by atoms with Crippen LogP contribution in [-0.2, 0) is 19.1 Å². The zero-order valence-electron chi connectivity index (χ0n) is 14.1. The van der Waals surface area contributed by atoms with E-state index >= 15 is 0 Å². The van der Waals surface area contributed by atoms with Crippen LogP contribution in [0.15, 0.2) is 0 Å². The van der Waals surface area contributed by atoms with E-state index in [9.17, 15) is 14.7 Å². The first-order valence-corrected chi connectivity index (χ1v) is 8.37. The molecule has 0 aromatic heterocycles. The lowest BCUT2D eigenvalue weighted by Crippen LogP contribution is -2.27. The summed E-state index contributed by atoms with van der Waals surface area (Å²) < 4.78 is 9.87. The molecule has 0 fully saturated rings. The van der Waals surface area contributed by atoms with E-state index in [1.807, 2.05) is 0 Å². The zero-order valence-corrected chi connectivity index (χ0v) is 14.1. The van der Waals surface area contributed by atoms with E-state index in [1.165, 1.54) is 0 Å². The van der Waals surface area contributed by atoms with Crippen LogP contribution in [0.4, 0.5) is 0 Å². The predicted octanol–water partition coefficient (Wildman–Crippen LogP) is 0.466. The van der Waals surface area contributed by atoms with Crippen LogP contribution in [0, 0.1) is 0 Å². The molecule has 8 heteroatoms. The third-order valence-electron chi connectivity index (χ3n) is 3.29. The molecular weight excluding hydrogens is 320 g/mol. The highest BCUT2D eigenvalue weighted by Gasteiger charge is 2.10. The summed E-state index contributed by atoms with van der Waals surface area (Å²) in [7, 11) is 0. The number of carboxylic acid groups (broad SMARTS) is 1. The Bertz CT molecular complexity index is 334. The van der Waals surface area contributed by atoms with Gasteiger partial charge in [0.1, 0.15) is 18.8 Å². The van der Waals surface area contributed by atoms with Gasteiger partial charge in [0.05, 0.1) is 19.8 Å². The maximum absolute atomic E-state index is 11.5. The highest BCUT2D eigenvalue weighted by atomic mass is 16.5. The van der Waals surface area contributed by atoms with Crippen LogP contribution in [0.2, 0.25) is 0 Å². The van der Waals surface area contributed by atoms with Gasteiger partial charge in [-0.1, -0.05) is 25.7 Å². The van der Waals surface area contributed by atoms with Gasteiger partial charge in [0.15, 0.2) is 0 Å². The van der Waals surface area contributed by atoms with Crippen molar-refractivity contribution in [2.45, 2.75) is 63.6 Å². The van der Waals surface area contributed by atoms with Gasteiger partial charge in [-0.05, 0) is 12.8 Å². The van der Waals surface area contributed by atoms with Gasteiger partial charge >= 0.3 is 11.9 Å². The van der Waals surface area contributed by atoms with Gasteiger partial charge in [0.2, 0.25) is 0 Å². The molecule has 24 heavy (non-hydrogen) atoms. The molecule has 2 unspecified atom stereocenters. The molecule has 0 saturated carbocycles. The van der Waals surface area contributed by atoms with Crippen LogP contribution in [0.25, 0.3) is 0 Å². The summed E-state index contributed by atoms with van der Waals surface area (Å²) in [5.74, 6) is -1.15. The van der Waals surface area contributed by atoms with Crippen molar-refractivity contribution in [3.8, 4) is 0 Å². The molecule has 142 valence electrons. The maximum Gasteiger partial charge on any atom is 0.305 e. The fourth-order valence-electron chi connectivity index (χ4n) is 1.95. The SMILES string of the molecule is O=C(O)CCCCCCCCC(=O)OCC(O)COCC(O)CO. The Hall–Kier alpha value is -1.22. The van der Waals surface area contributed by atoms with E-state index in [-0.39, 0.29) is 38.6 Å². The molecule has 0 aliphatic rings. The standard InChI is InChI=1S/C16H30O8/c17-9-13(18)10-23-11-14(19)12-24-16(22)8-6-4-2-1-3-5-7-15(20)21/h13-14,17-19H,1-12H2,(H,20,21). The topological polar surface area (TPSA) is 134 Å². The molecule has 0 aliphatic heterocycles. The molecule has 0 heterocycles. The summed E-state index contributed by atoms with van der Waals surface area (Å²) in [6, 6.07) is 0. The number of carbonyl (C=O) groups excluding carboxylic acids is 1. The van der Waals surface area contributed by atoms with Crippen LogP contribution in [0.3, 0.4) is 0 Å². The predicted molar refractivity (Wildman–Crippen MR) is 85.4 cm³/mol. The first-order chi connectivity index (χ1) is 11.5. The van der Waals surface area contributed by atoms with Crippen LogP contribution in [0.1, 0.15) is 51.4 Å². The van der Waals surface area contributed by atoms with Gasteiger partial charge in [0, 0.05) is 12.8 Å². The molecule has 0 spiro atoms. The van der Waals surface area contributed by atoms with Crippen molar-refractivity contribution in [1.82, 2.24) is 0 Å². The molecule has 0 aromatic rings. The Balaban J connectivity index is 3.41. The van der Waals surface area contributed by atoms with Gasteiger partial charge in [-0.3, -0.25) is 9.59 Å². The molecule has 0 radical (unpaired) electrons. The fourth-order valence-corrected chi connectivity index (χ4v) is 1.95. The minimum atomic E-state index is -0.983. The number of unbranched alkanes of at least 4 members (excludes halogenated alkanes) is 5. The Labute approximate surface area is 142 Å². The molecule has 4 N–H and O–H groups in total. The van der Waals surface area contributed by atoms with Crippen molar-refractivity contribution < 1.29 is 39.5 Å². The fraction of sp³-hybridized carbons (Fsp3) is 0.875. The number of aliphatic carboxylic acids is 1. The number of carboxylic acids is 1. The quantitative estimate of drug-likeness (QED) is 0.233.